The molecule has 1 heterocycles. The van der Waals surface area contributed by atoms with Gasteiger partial charge in [-0.15, -0.1) is 24.8 Å². The zero-order chi connectivity index (χ0) is 13.7. The summed E-state index contributed by atoms with van der Waals surface area (Å²) < 4.78 is 1.14. The first-order valence-corrected chi connectivity index (χ1v) is 8.29. The summed E-state index contributed by atoms with van der Waals surface area (Å²) in [6.45, 7) is 6.69. The monoisotopic (exact) mass is 416 g/mol. The summed E-state index contributed by atoms with van der Waals surface area (Å²) in [5.41, 5.74) is 1.37. The number of halogens is 4. The number of nitrogens with one attached hydrogen (secondary N) is 1. The van der Waals surface area contributed by atoms with E-state index in [4.69, 9.17) is 11.6 Å². The van der Waals surface area contributed by atoms with Gasteiger partial charge in [0, 0.05) is 41.7 Å². The molecular formula is C15H24BrCl3N2. The van der Waals surface area contributed by atoms with Crippen LogP contribution in [0.25, 0.3) is 0 Å². The van der Waals surface area contributed by atoms with Gasteiger partial charge in [0.2, 0.25) is 0 Å². The van der Waals surface area contributed by atoms with Gasteiger partial charge in [0.25, 0.3) is 0 Å². The minimum atomic E-state index is 0. The van der Waals surface area contributed by atoms with Crippen LogP contribution in [0, 0.1) is 0 Å². The van der Waals surface area contributed by atoms with E-state index in [0.29, 0.717) is 6.04 Å². The van der Waals surface area contributed by atoms with Crippen LogP contribution < -0.4 is 5.32 Å². The highest BCUT2D eigenvalue weighted by Crippen LogP contribution is 2.33. The molecule has 6 heteroatoms. The molecule has 2 nitrogen and oxygen atoms in total. The van der Waals surface area contributed by atoms with Crippen LogP contribution in [0.2, 0.25) is 5.02 Å². The third kappa shape index (κ3) is 6.25. The molecule has 0 bridgehead atoms. The van der Waals surface area contributed by atoms with Gasteiger partial charge in [0.1, 0.15) is 0 Å². The quantitative estimate of drug-likeness (QED) is 0.717. The van der Waals surface area contributed by atoms with Gasteiger partial charge in [-0.2, -0.15) is 0 Å². The van der Waals surface area contributed by atoms with Gasteiger partial charge in [-0.1, -0.05) is 53.4 Å². The minimum Gasteiger partial charge on any atom is -0.314 e. The molecule has 0 aliphatic carbocycles. The molecule has 0 saturated carbocycles. The van der Waals surface area contributed by atoms with Crippen molar-refractivity contribution in [3.05, 3.63) is 33.3 Å². The maximum Gasteiger partial charge on any atom is 0.0417 e. The lowest BCUT2D eigenvalue weighted by Crippen LogP contribution is -2.45. The SMILES string of the molecule is CCCC[C@H](c1ccc(Cl)cc1Br)N1CCNCC1.Cl.Cl. The van der Waals surface area contributed by atoms with E-state index in [1.54, 1.807) is 0 Å². The molecule has 2 rings (SSSR count). The summed E-state index contributed by atoms with van der Waals surface area (Å²) in [7, 11) is 0. The highest BCUT2D eigenvalue weighted by Gasteiger charge is 2.23. The summed E-state index contributed by atoms with van der Waals surface area (Å²) >= 11 is 9.74. The number of benzene rings is 1. The standard InChI is InChI=1S/C15H22BrClN2.2ClH/c1-2-3-4-15(19-9-7-18-8-10-19)13-6-5-12(17)11-14(13)16;;/h5-6,11,15,18H,2-4,7-10H2,1H3;2*1H/t15-;;/m1../s1. The van der Waals surface area contributed by atoms with Crippen LogP contribution in [0.1, 0.15) is 37.8 Å². The van der Waals surface area contributed by atoms with E-state index in [9.17, 15) is 0 Å². The molecule has 1 saturated heterocycles. The fourth-order valence-corrected chi connectivity index (χ4v) is 3.64. The van der Waals surface area contributed by atoms with Crippen molar-refractivity contribution < 1.29 is 0 Å². The van der Waals surface area contributed by atoms with Crippen molar-refractivity contribution in [2.24, 2.45) is 0 Å². The zero-order valence-electron chi connectivity index (χ0n) is 12.3. The first-order valence-electron chi connectivity index (χ1n) is 7.12. The molecule has 1 atom stereocenters. The largest absolute Gasteiger partial charge is 0.314 e. The fourth-order valence-electron chi connectivity index (χ4n) is 2.70. The molecule has 1 aliphatic rings. The van der Waals surface area contributed by atoms with Gasteiger partial charge >= 0.3 is 0 Å². The first kappa shape index (κ1) is 21.5. The Morgan fingerprint density at radius 2 is 1.95 bits per heavy atom. The number of hydrogen-bond donors (Lipinski definition) is 1. The average molecular weight is 419 g/mol. The zero-order valence-corrected chi connectivity index (χ0v) is 16.3. The Morgan fingerprint density at radius 1 is 1.29 bits per heavy atom. The summed E-state index contributed by atoms with van der Waals surface area (Å²) in [5, 5.41) is 4.22. The van der Waals surface area contributed by atoms with Crippen molar-refractivity contribution in [3.63, 3.8) is 0 Å². The Hall–Kier alpha value is 0.490. The van der Waals surface area contributed by atoms with Crippen LogP contribution in [0.3, 0.4) is 0 Å². The van der Waals surface area contributed by atoms with Crippen molar-refractivity contribution in [1.29, 1.82) is 0 Å². The minimum absolute atomic E-state index is 0. The number of hydrogen-bond acceptors (Lipinski definition) is 2. The topological polar surface area (TPSA) is 15.3 Å². The smallest absolute Gasteiger partial charge is 0.0417 e. The number of rotatable bonds is 5. The number of nitrogens with zero attached hydrogens (tertiary/aromatic N) is 1. The Balaban J connectivity index is 0.00000200. The Morgan fingerprint density at radius 3 is 2.52 bits per heavy atom. The maximum absolute atomic E-state index is 6.06. The molecule has 1 aromatic rings. The van der Waals surface area contributed by atoms with E-state index in [2.05, 4.69) is 39.1 Å². The molecule has 0 amide bonds. The Bertz CT molecular complexity index is 412. The normalized spacial score (nSPS) is 16.7. The molecule has 0 radical (unpaired) electrons. The molecule has 21 heavy (non-hydrogen) atoms. The van der Waals surface area contributed by atoms with E-state index < -0.39 is 0 Å². The van der Waals surface area contributed by atoms with E-state index in [-0.39, 0.29) is 24.8 Å². The number of unbranched alkanes of at least 4 members (excludes halogenated alkanes) is 1. The predicted octanol–water partition coefficient (Wildman–Crippen LogP) is 5.08. The highest BCUT2D eigenvalue weighted by molar-refractivity contribution is 9.10. The van der Waals surface area contributed by atoms with Gasteiger partial charge in [0.05, 0.1) is 0 Å². The van der Waals surface area contributed by atoms with Gasteiger partial charge in [-0.25, -0.2) is 0 Å². The van der Waals surface area contributed by atoms with Gasteiger partial charge in [0.15, 0.2) is 0 Å². The van der Waals surface area contributed by atoms with Crippen LogP contribution in [-0.4, -0.2) is 31.1 Å². The van der Waals surface area contributed by atoms with Crippen LogP contribution in [0.15, 0.2) is 22.7 Å². The third-order valence-electron chi connectivity index (χ3n) is 3.74. The lowest BCUT2D eigenvalue weighted by atomic mass is 9.99. The molecule has 1 aliphatic heterocycles. The van der Waals surface area contributed by atoms with Crippen molar-refractivity contribution >= 4 is 52.3 Å². The lowest BCUT2D eigenvalue weighted by Gasteiger charge is -2.35. The van der Waals surface area contributed by atoms with Crippen LogP contribution in [0.5, 0.6) is 0 Å². The van der Waals surface area contributed by atoms with E-state index in [0.717, 1.165) is 35.7 Å². The molecule has 122 valence electrons. The molecule has 0 unspecified atom stereocenters. The second-order valence-corrected chi connectivity index (χ2v) is 6.40. The summed E-state index contributed by atoms with van der Waals surface area (Å²) in [4.78, 5) is 2.60. The van der Waals surface area contributed by atoms with Crippen molar-refractivity contribution in [1.82, 2.24) is 10.2 Å². The van der Waals surface area contributed by atoms with Crippen LogP contribution in [-0.2, 0) is 0 Å². The summed E-state index contributed by atoms with van der Waals surface area (Å²) in [6.07, 6.45) is 3.73. The van der Waals surface area contributed by atoms with Gasteiger partial charge in [-0.3, -0.25) is 4.90 Å². The van der Waals surface area contributed by atoms with E-state index in [1.807, 2.05) is 12.1 Å². The van der Waals surface area contributed by atoms with Gasteiger partial charge in [-0.05, 0) is 24.1 Å². The first-order chi connectivity index (χ1) is 9.22. The van der Waals surface area contributed by atoms with E-state index >= 15 is 0 Å². The predicted molar refractivity (Wildman–Crippen MR) is 100 cm³/mol. The van der Waals surface area contributed by atoms with Crippen LogP contribution >= 0.6 is 52.3 Å². The Kier molecular flexibility index (Phi) is 11.4. The molecule has 0 spiro atoms. The van der Waals surface area contributed by atoms with Crippen molar-refractivity contribution in [2.75, 3.05) is 26.2 Å². The highest BCUT2D eigenvalue weighted by atomic mass is 79.9. The molecule has 1 N–H and O–H groups in total. The lowest BCUT2D eigenvalue weighted by molar-refractivity contribution is 0.162. The maximum atomic E-state index is 6.06. The summed E-state index contributed by atoms with van der Waals surface area (Å²) in [6, 6.07) is 6.70. The molecular weight excluding hydrogens is 394 g/mol. The number of piperazine rings is 1. The second-order valence-electron chi connectivity index (χ2n) is 5.11. The average Bonchev–Trinajstić information content (AvgIpc) is 2.42. The molecule has 1 fully saturated rings. The molecule has 0 aromatic heterocycles. The second kappa shape index (κ2) is 11.1. The third-order valence-corrected chi connectivity index (χ3v) is 4.67. The fraction of sp³-hybridized carbons (Fsp3) is 0.600. The molecule has 1 aromatic carbocycles. The van der Waals surface area contributed by atoms with Gasteiger partial charge < -0.3 is 5.32 Å². The van der Waals surface area contributed by atoms with Crippen molar-refractivity contribution in [3.8, 4) is 0 Å². The van der Waals surface area contributed by atoms with Crippen LogP contribution in [0.4, 0.5) is 0 Å². The van der Waals surface area contributed by atoms with E-state index in [1.165, 1.54) is 24.8 Å². The Labute approximate surface area is 153 Å². The van der Waals surface area contributed by atoms with Crippen molar-refractivity contribution in [2.45, 2.75) is 32.2 Å². The summed E-state index contributed by atoms with van der Waals surface area (Å²) in [5.74, 6) is 0.